The summed E-state index contributed by atoms with van der Waals surface area (Å²) in [7, 11) is -2.60. The summed E-state index contributed by atoms with van der Waals surface area (Å²) in [5.41, 5.74) is 1.35. The Morgan fingerprint density at radius 3 is 2.24 bits per heavy atom. The van der Waals surface area contributed by atoms with Gasteiger partial charge in [-0.3, -0.25) is 9.10 Å². The van der Waals surface area contributed by atoms with Crippen LogP contribution < -0.4 is 14.4 Å². The molecule has 0 aliphatic carbocycles. The molecule has 3 aromatic rings. The summed E-state index contributed by atoms with van der Waals surface area (Å²) >= 11 is 0. The molecule has 3 aromatic carbocycles. The number of sulfonamides is 1. The van der Waals surface area contributed by atoms with E-state index in [1.54, 1.807) is 0 Å². The predicted octanol–water partition coefficient (Wildman–Crippen LogP) is 4.17. The van der Waals surface area contributed by atoms with E-state index in [0.29, 0.717) is 12.2 Å². The van der Waals surface area contributed by atoms with Crippen LogP contribution >= 0.6 is 0 Å². The molecular weight excluding hydrogens is 443 g/mol. The van der Waals surface area contributed by atoms with Crippen LogP contribution in [-0.2, 0) is 21.2 Å². The van der Waals surface area contributed by atoms with Gasteiger partial charge in [-0.05, 0) is 73.9 Å². The van der Waals surface area contributed by atoms with Crippen molar-refractivity contribution < 1.29 is 22.3 Å². The van der Waals surface area contributed by atoms with E-state index < -0.39 is 28.3 Å². The molecule has 0 saturated carbocycles. The standard InChI is InChI=1S/C25H27FN2O4S/c1-19(8-9-20-6-4-3-5-7-20)27-25(29)18-28(22-12-10-21(26)11-13-22)33(30,31)24-16-14-23(32-2)15-17-24/h3-7,10-17,19H,8-9,18H2,1-2H3,(H,27,29)/t19-/m0/s1. The summed E-state index contributed by atoms with van der Waals surface area (Å²) in [6.45, 7) is 1.44. The molecule has 1 atom stereocenters. The Balaban J connectivity index is 1.76. The van der Waals surface area contributed by atoms with Crippen molar-refractivity contribution in [2.45, 2.75) is 30.7 Å². The number of hydrogen-bond acceptors (Lipinski definition) is 4. The SMILES string of the molecule is COc1ccc(S(=O)(=O)N(CC(=O)N[C@@H](C)CCc2ccccc2)c2ccc(F)cc2)cc1. The molecular formula is C25H27FN2O4S. The third kappa shape index (κ3) is 6.55. The first-order valence-electron chi connectivity index (χ1n) is 10.6. The minimum absolute atomic E-state index is 0.00227. The van der Waals surface area contributed by atoms with Gasteiger partial charge in [0.2, 0.25) is 5.91 Å². The molecule has 0 radical (unpaired) electrons. The molecule has 1 amide bonds. The number of nitrogens with zero attached hydrogens (tertiary/aromatic N) is 1. The number of ether oxygens (including phenoxy) is 1. The van der Waals surface area contributed by atoms with Crippen molar-refractivity contribution in [1.82, 2.24) is 5.32 Å². The van der Waals surface area contributed by atoms with Crippen molar-refractivity contribution in [1.29, 1.82) is 0 Å². The van der Waals surface area contributed by atoms with Gasteiger partial charge in [-0.25, -0.2) is 12.8 Å². The summed E-state index contributed by atoms with van der Waals surface area (Å²) in [6.07, 6.45) is 1.49. The van der Waals surface area contributed by atoms with Gasteiger partial charge < -0.3 is 10.1 Å². The summed E-state index contributed by atoms with van der Waals surface area (Å²) in [5.74, 6) is -0.441. The average Bonchev–Trinajstić information content (AvgIpc) is 2.82. The monoisotopic (exact) mass is 470 g/mol. The van der Waals surface area contributed by atoms with Crippen molar-refractivity contribution >= 4 is 21.6 Å². The van der Waals surface area contributed by atoms with Crippen LogP contribution in [0.25, 0.3) is 0 Å². The highest BCUT2D eigenvalue weighted by molar-refractivity contribution is 7.92. The fourth-order valence-corrected chi connectivity index (χ4v) is 4.77. The van der Waals surface area contributed by atoms with Crippen molar-refractivity contribution in [3.05, 3.63) is 90.2 Å². The number of benzene rings is 3. The average molecular weight is 471 g/mol. The molecule has 0 aliphatic rings. The molecule has 0 spiro atoms. The molecule has 0 saturated heterocycles. The van der Waals surface area contributed by atoms with E-state index in [4.69, 9.17) is 4.74 Å². The first-order valence-corrected chi connectivity index (χ1v) is 12.0. The van der Waals surface area contributed by atoms with Gasteiger partial charge in [0.1, 0.15) is 18.1 Å². The first-order chi connectivity index (χ1) is 15.8. The van der Waals surface area contributed by atoms with Crippen molar-refractivity contribution in [3.63, 3.8) is 0 Å². The van der Waals surface area contributed by atoms with Crippen LogP contribution in [0.2, 0.25) is 0 Å². The Morgan fingerprint density at radius 2 is 1.64 bits per heavy atom. The molecule has 0 aromatic heterocycles. The van der Waals surface area contributed by atoms with Gasteiger partial charge in [-0.1, -0.05) is 30.3 Å². The van der Waals surface area contributed by atoms with Crippen molar-refractivity contribution in [2.75, 3.05) is 18.0 Å². The van der Waals surface area contributed by atoms with Crippen LogP contribution in [0.15, 0.2) is 83.8 Å². The fourth-order valence-electron chi connectivity index (χ4n) is 3.35. The second kappa shape index (κ2) is 11.0. The Labute approximate surface area is 194 Å². The van der Waals surface area contributed by atoms with Crippen LogP contribution in [-0.4, -0.2) is 34.0 Å². The number of halogens is 1. The number of methoxy groups -OCH3 is 1. The fraction of sp³-hybridized carbons (Fsp3) is 0.240. The highest BCUT2D eigenvalue weighted by Crippen LogP contribution is 2.25. The molecule has 6 nitrogen and oxygen atoms in total. The molecule has 3 rings (SSSR count). The zero-order chi connectivity index (χ0) is 23.8. The minimum Gasteiger partial charge on any atom is -0.497 e. The van der Waals surface area contributed by atoms with Gasteiger partial charge in [0.15, 0.2) is 0 Å². The smallest absolute Gasteiger partial charge is 0.264 e. The number of nitrogens with one attached hydrogen (secondary N) is 1. The van der Waals surface area contributed by atoms with Crippen LogP contribution in [0.3, 0.4) is 0 Å². The molecule has 174 valence electrons. The number of carbonyl (C=O) groups excluding carboxylic acids is 1. The van der Waals surface area contributed by atoms with Crippen molar-refractivity contribution in [3.8, 4) is 5.75 Å². The van der Waals surface area contributed by atoms with Crippen molar-refractivity contribution in [2.24, 2.45) is 0 Å². The van der Waals surface area contributed by atoms with E-state index >= 15 is 0 Å². The van der Waals surface area contributed by atoms with E-state index in [9.17, 15) is 17.6 Å². The molecule has 33 heavy (non-hydrogen) atoms. The van der Waals surface area contributed by atoms with Crippen LogP contribution in [0.4, 0.5) is 10.1 Å². The predicted molar refractivity (Wildman–Crippen MR) is 126 cm³/mol. The van der Waals surface area contributed by atoms with E-state index in [0.717, 1.165) is 28.4 Å². The third-order valence-electron chi connectivity index (χ3n) is 5.17. The normalized spacial score (nSPS) is 12.1. The van der Waals surface area contributed by atoms with Gasteiger partial charge in [0.05, 0.1) is 17.7 Å². The summed E-state index contributed by atoms with van der Waals surface area (Å²) in [4.78, 5) is 12.8. The van der Waals surface area contributed by atoms with E-state index in [-0.39, 0.29) is 16.6 Å². The maximum absolute atomic E-state index is 13.5. The second-order valence-electron chi connectivity index (χ2n) is 7.66. The molecule has 8 heteroatoms. The number of aryl methyl sites for hydroxylation is 1. The number of anilines is 1. The zero-order valence-electron chi connectivity index (χ0n) is 18.6. The molecule has 1 N–H and O–H groups in total. The lowest BCUT2D eigenvalue weighted by atomic mass is 10.1. The summed E-state index contributed by atoms with van der Waals surface area (Å²) in [6, 6.07) is 20.6. The highest BCUT2D eigenvalue weighted by Gasteiger charge is 2.27. The van der Waals surface area contributed by atoms with Crippen LogP contribution in [0.1, 0.15) is 18.9 Å². The van der Waals surface area contributed by atoms with Crippen LogP contribution in [0.5, 0.6) is 5.75 Å². The lowest BCUT2D eigenvalue weighted by Gasteiger charge is -2.25. The first kappa shape index (κ1) is 24.3. The van der Waals surface area contributed by atoms with E-state index in [1.807, 2.05) is 37.3 Å². The number of carbonyl (C=O) groups is 1. The summed E-state index contributed by atoms with van der Waals surface area (Å²) in [5, 5.41) is 2.86. The van der Waals surface area contributed by atoms with Gasteiger partial charge in [0.25, 0.3) is 10.0 Å². The minimum atomic E-state index is -4.08. The second-order valence-corrected chi connectivity index (χ2v) is 9.52. The van der Waals surface area contributed by atoms with Gasteiger partial charge >= 0.3 is 0 Å². The topological polar surface area (TPSA) is 75.7 Å². The Kier molecular flexibility index (Phi) is 8.06. The van der Waals surface area contributed by atoms with Gasteiger partial charge in [0, 0.05) is 6.04 Å². The van der Waals surface area contributed by atoms with E-state index in [2.05, 4.69) is 5.32 Å². The lowest BCUT2D eigenvalue weighted by Crippen LogP contribution is -2.43. The van der Waals surface area contributed by atoms with Gasteiger partial charge in [-0.15, -0.1) is 0 Å². The molecule has 0 heterocycles. The molecule has 0 fully saturated rings. The zero-order valence-corrected chi connectivity index (χ0v) is 19.4. The maximum atomic E-state index is 13.5. The molecule has 0 unspecified atom stereocenters. The Bertz CT molecular complexity index is 1150. The maximum Gasteiger partial charge on any atom is 0.264 e. The number of rotatable bonds is 10. The molecule has 0 aliphatic heterocycles. The largest absolute Gasteiger partial charge is 0.497 e. The number of amides is 1. The Hall–Kier alpha value is -3.39. The Morgan fingerprint density at radius 1 is 1.00 bits per heavy atom. The molecule has 0 bridgehead atoms. The summed E-state index contributed by atoms with van der Waals surface area (Å²) < 4.78 is 46.2. The quantitative estimate of drug-likeness (QED) is 0.483. The van der Waals surface area contributed by atoms with Gasteiger partial charge in [-0.2, -0.15) is 0 Å². The van der Waals surface area contributed by atoms with E-state index in [1.165, 1.54) is 43.5 Å². The highest BCUT2D eigenvalue weighted by atomic mass is 32.2. The van der Waals surface area contributed by atoms with Crippen LogP contribution in [0, 0.1) is 5.82 Å². The lowest BCUT2D eigenvalue weighted by molar-refractivity contribution is -0.120. The third-order valence-corrected chi connectivity index (χ3v) is 6.95. The number of hydrogen-bond donors (Lipinski definition) is 1.